The molecule has 0 aliphatic carbocycles. The van der Waals surface area contributed by atoms with E-state index in [1.54, 1.807) is 0 Å². The molecule has 0 saturated heterocycles. The summed E-state index contributed by atoms with van der Waals surface area (Å²) in [6, 6.07) is 1.34. The first kappa shape index (κ1) is 13.7. The summed E-state index contributed by atoms with van der Waals surface area (Å²) >= 11 is 5.68. The van der Waals surface area contributed by atoms with Crippen LogP contribution in [0.4, 0.5) is 5.82 Å². The predicted octanol–water partition coefficient (Wildman–Crippen LogP) is 1.86. The predicted molar refractivity (Wildman–Crippen MR) is 65.5 cm³/mol. The lowest BCUT2D eigenvalue weighted by molar-refractivity contribution is 0.0697. The number of aromatic nitrogens is 1. The SMILES string of the molecule is CC(C)C(O)CNc1cc(C(=O)O)c(Cl)cn1. The minimum atomic E-state index is -1.11. The summed E-state index contributed by atoms with van der Waals surface area (Å²) in [5, 5.41) is 21.4. The summed E-state index contributed by atoms with van der Waals surface area (Å²) < 4.78 is 0. The Morgan fingerprint density at radius 2 is 2.24 bits per heavy atom. The van der Waals surface area contributed by atoms with E-state index in [-0.39, 0.29) is 16.5 Å². The maximum Gasteiger partial charge on any atom is 0.337 e. The van der Waals surface area contributed by atoms with Crippen LogP contribution >= 0.6 is 11.6 Å². The number of carboxylic acid groups (broad SMARTS) is 1. The maximum absolute atomic E-state index is 10.8. The van der Waals surface area contributed by atoms with E-state index >= 15 is 0 Å². The van der Waals surface area contributed by atoms with Crippen molar-refractivity contribution in [1.82, 2.24) is 4.98 Å². The average Bonchev–Trinajstić information content (AvgIpc) is 2.26. The Bertz CT molecular complexity index is 410. The molecule has 3 N–H and O–H groups in total. The molecule has 1 atom stereocenters. The number of pyridine rings is 1. The van der Waals surface area contributed by atoms with Crippen molar-refractivity contribution in [3.05, 3.63) is 22.8 Å². The molecule has 0 spiro atoms. The van der Waals surface area contributed by atoms with Crippen LogP contribution in [0.15, 0.2) is 12.3 Å². The molecule has 0 fully saturated rings. The van der Waals surface area contributed by atoms with Crippen LogP contribution in [0.3, 0.4) is 0 Å². The van der Waals surface area contributed by atoms with Gasteiger partial charge in [0.05, 0.1) is 16.7 Å². The second kappa shape index (κ2) is 5.84. The average molecular weight is 259 g/mol. The van der Waals surface area contributed by atoms with Gasteiger partial charge in [0.2, 0.25) is 0 Å². The first-order chi connectivity index (χ1) is 7.91. The van der Waals surface area contributed by atoms with Gasteiger partial charge in [-0.05, 0) is 12.0 Å². The van der Waals surface area contributed by atoms with E-state index in [1.165, 1.54) is 12.3 Å². The third-order valence-corrected chi connectivity index (χ3v) is 2.65. The molecule has 1 heterocycles. The van der Waals surface area contributed by atoms with E-state index in [4.69, 9.17) is 16.7 Å². The minimum Gasteiger partial charge on any atom is -0.478 e. The zero-order valence-electron chi connectivity index (χ0n) is 9.64. The number of hydrogen-bond donors (Lipinski definition) is 3. The van der Waals surface area contributed by atoms with Gasteiger partial charge in [0.25, 0.3) is 0 Å². The maximum atomic E-state index is 10.8. The lowest BCUT2D eigenvalue weighted by Crippen LogP contribution is -2.25. The molecule has 0 radical (unpaired) electrons. The molecule has 0 amide bonds. The van der Waals surface area contributed by atoms with Gasteiger partial charge in [-0.25, -0.2) is 9.78 Å². The van der Waals surface area contributed by atoms with Crippen molar-refractivity contribution in [2.24, 2.45) is 5.92 Å². The third kappa shape index (κ3) is 3.87. The quantitative estimate of drug-likeness (QED) is 0.751. The van der Waals surface area contributed by atoms with Gasteiger partial charge >= 0.3 is 5.97 Å². The smallest absolute Gasteiger partial charge is 0.337 e. The van der Waals surface area contributed by atoms with Gasteiger partial charge in [0.15, 0.2) is 0 Å². The van der Waals surface area contributed by atoms with Crippen molar-refractivity contribution in [3.8, 4) is 0 Å². The summed E-state index contributed by atoms with van der Waals surface area (Å²) in [4.78, 5) is 14.8. The minimum absolute atomic E-state index is 0.0109. The Morgan fingerprint density at radius 3 is 2.76 bits per heavy atom. The van der Waals surface area contributed by atoms with Gasteiger partial charge in [0, 0.05) is 12.7 Å². The molecule has 5 nitrogen and oxygen atoms in total. The Balaban J connectivity index is 2.73. The first-order valence-corrected chi connectivity index (χ1v) is 5.60. The monoisotopic (exact) mass is 258 g/mol. The zero-order valence-corrected chi connectivity index (χ0v) is 10.4. The van der Waals surface area contributed by atoms with E-state index in [2.05, 4.69) is 10.3 Å². The number of carbonyl (C=O) groups is 1. The van der Waals surface area contributed by atoms with E-state index in [0.717, 1.165) is 0 Å². The second-order valence-corrected chi connectivity index (χ2v) is 4.45. The molecule has 1 aromatic rings. The van der Waals surface area contributed by atoms with Gasteiger partial charge < -0.3 is 15.5 Å². The summed E-state index contributed by atoms with van der Waals surface area (Å²) in [6.45, 7) is 4.10. The van der Waals surface area contributed by atoms with Gasteiger partial charge in [-0.3, -0.25) is 0 Å². The van der Waals surface area contributed by atoms with Crippen LogP contribution < -0.4 is 5.32 Å². The number of nitrogens with one attached hydrogen (secondary N) is 1. The van der Waals surface area contributed by atoms with Crippen LogP contribution in [0.5, 0.6) is 0 Å². The highest BCUT2D eigenvalue weighted by Gasteiger charge is 2.12. The highest BCUT2D eigenvalue weighted by Crippen LogP contribution is 2.18. The Kier molecular flexibility index (Phi) is 4.72. The Morgan fingerprint density at radius 1 is 1.59 bits per heavy atom. The normalized spacial score (nSPS) is 12.5. The van der Waals surface area contributed by atoms with E-state index in [9.17, 15) is 9.90 Å². The number of hydrogen-bond acceptors (Lipinski definition) is 4. The van der Waals surface area contributed by atoms with Crippen molar-refractivity contribution in [2.45, 2.75) is 20.0 Å². The fraction of sp³-hybridized carbons (Fsp3) is 0.455. The summed E-state index contributed by atoms with van der Waals surface area (Å²) in [5.41, 5.74) is -0.0109. The molecule has 1 rings (SSSR count). The van der Waals surface area contributed by atoms with Crippen LogP contribution in [0.2, 0.25) is 5.02 Å². The second-order valence-electron chi connectivity index (χ2n) is 4.05. The number of nitrogens with zero attached hydrogens (tertiary/aromatic N) is 1. The van der Waals surface area contributed by atoms with Gasteiger partial charge in [-0.15, -0.1) is 0 Å². The number of aliphatic hydroxyl groups is 1. The lowest BCUT2D eigenvalue weighted by atomic mass is 10.1. The molecule has 1 unspecified atom stereocenters. The number of aliphatic hydroxyl groups excluding tert-OH is 1. The summed E-state index contributed by atoms with van der Waals surface area (Å²) in [6.07, 6.45) is 0.760. The molecule has 6 heteroatoms. The number of anilines is 1. The van der Waals surface area contributed by atoms with Gasteiger partial charge in [-0.2, -0.15) is 0 Å². The van der Waals surface area contributed by atoms with E-state index in [0.29, 0.717) is 12.4 Å². The molecular formula is C11H15ClN2O3. The molecular weight excluding hydrogens is 244 g/mol. The van der Waals surface area contributed by atoms with Crippen LogP contribution in [0.25, 0.3) is 0 Å². The number of aromatic carboxylic acids is 1. The molecule has 0 aromatic carbocycles. The van der Waals surface area contributed by atoms with Gasteiger partial charge in [0.1, 0.15) is 5.82 Å². The van der Waals surface area contributed by atoms with Crippen molar-refractivity contribution in [2.75, 3.05) is 11.9 Å². The van der Waals surface area contributed by atoms with Crippen LogP contribution in [0, 0.1) is 5.92 Å². The fourth-order valence-electron chi connectivity index (χ4n) is 1.14. The molecule has 0 bridgehead atoms. The fourth-order valence-corrected chi connectivity index (χ4v) is 1.33. The molecule has 1 aromatic heterocycles. The third-order valence-electron chi connectivity index (χ3n) is 2.35. The van der Waals surface area contributed by atoms with Crippen LogP contribution in [-0.4, -0.2) is 33.8 Å². The number of rotatable bonds is 5. The molecule has 0 aliphatic rings. The molecule has 94 valence electrons. The Hall–Kier alpha value is -1.33. The highest BCUT2D eigenvalue weighted by atomic mass is 35.5. The number of carboxylic acids is 1. The van der Waals surface area contributed by atoms with Crippen molar-refractivity contribution in [1.29, 1.82) is 0 Å². The molecule has 0 aliphatic heterocycles. The van der Waals surface area contributed by atoms with Crippen molar-refractivity contribution >= 4 is 23.4 Å². The van der Waals surface area contributed by atoms with E-state index < -0.39 is 12.1 Å². The van der Waals surface area contributed by atoms with Crippen LogP contribution in [0.1, 0.15) is 24.2 Å². The van der Waals surface area contributed by atoms with Crippen molar-refractivity contribution in [3.63, 3.8) is 0 Å². The topological polar surface area (TPSA) is 82.5 Å². The Labute approximate surface area is 104 Å². The van der Waals surface area contributed by atoms with Crippen LogP contribution in [-0.2, 0) is 0 Å². The first-order valence-electron chi connectivity index (χ1n) is 5.22. The number of halogens is 1. The highest BCUT2D eigenvalue weighted by molar-refractivity contribution is 6.33. The molecule has 0 saturated carbocycles. The zero-order chi connectivity index (χ0) is 13.0. The van der Waals surface area contributed by atoms with Gasteiger partial charge in [-0.1, -0.05) is 25.4 Å². The lowest BCUT2D eigenvalue weighted by Gasteiger charge is -2.15. The van der Waals surface area contributed by atoms with E-state index in [1.807, 2.05) is 13.8 Å². The van der Waals surface area contributed by atoms with Crippen molar-refractivity contribution < 1.29 is 15.0 Å². The summed E-state index contributed by atoms with van der Waals surface area (Å²) in [7, 11) is 0. The largest absolute Gasteiger partial charge is 0.478 e. The standard InChI is InChI=1S/C11H15ClN2O3/c1-6(2)9(15)5-14-10-3-7(11(16)17)8(12)4-13-10/h3-4,6,9,15H,5H2,1-2H3,(H,13,14)(H,16,17). The molecule has 17 heavy (non-hydrogen) atoms. The summed E-state index contributed by atoms with van der Waals surface area (Å²) in [5.74, 6) is -0.606.